The fourth-order valence-corrected chi connectivity index (χ4v) is 3.09. The molecule has 0 bridgehead atoms. The molecule has 156 valence electrons. The number of carbonyl (C=O) groups is 2. The predicted octanol–water partition coefficient (Wildman–Crippen LogP) is 2.36. The van der Waals surface area contributed by atoms with E-state index in [1.165, 1.54) is 26.2 Å². The number of aromatic amines is 1. The first-order valence-corrected chi connectivity index (χ1v) is 9.15. The van der Waals surface area contributed by atoms with E-state index in [0.717, 1.165) is 0 Å². The molecular formula is C22H22N2O6. The van der Waals surface area contributed by atoms with E-state index in [2.05, 4.69) is 4.98 Å². The molecule has 1 N–H and O–H groups in total. The fraction of sp³-hybridized carbons (Fsp3) is 0.227. The van der Waals surface area contributed by atoms with Crippen molar-refractivity contribution >= 4 is 22.6 Å². The van der Waals surface area contributed by atoms with Gasteiger partial charge in [-0.15, -0.1) is 0 Å². The number of esters is 1. The number of hydrogen-bond acceptors (Lipinski definition) is 6. The van der Waals surface area contributed by atoms with E-state index in [-0.39, 0.29) is 24.3 Å². The number of nitrogens with one attached hydrogen (secondary N) is 1. The van der Waals surface area contributed by atoms with Gasteiger partial charge < -0.3 is 24.1 Å². The number of carbonyl (C=O) groups excluding carboxylic acids is 2. The zero-order chi connectivity index (χ0) is 21.7. The molecule has 1 aromatic heterocycles. The highest BCUT2D eigenvalue weighted by Crippen LogP contribution is 2.24. The lowest BCUT2D eigenvalue weighted by atomic mass is 10.1. The molecule has 0 saturated heterocycles. The van der Waals surface area contributed by atoms with E-state index in [1.54, 1.807) is 48.5 Å². The Morgan fingerprint density at radius 3 is 2.27 bits per heavy atom. The Kier molecular flexibility index (Phi) is 6.36. The van der Waals surface area contributed by atoms with Gasteiger partial charge in [0.25, 0.3) is 11.5 Å². The molecule has 0 aliphatic heterocycles. The van der Waals surface area contributed by atoms with Gasteiger partial charge in [-0.05, 0) is 35.2 Å². The van der Waals surface area contributed by atoms with Crippen LogP contribution >= 0.6 is 0 Å². The number of hydrogen-bond donors (Lipinski definition) is 1. The van der Waals surface area contributed by atoms with E-state index in [9.17, 15) is 14.4 Å². The molecule has 8 nitrogen and oxygen atoms in total. The number of amides is 1. The quantitative estimate of drug-likeness (QED) is 0.601. The number of methoxy groups -OCH3 is 3. The van der Waals surface area contributed by atoms with E-state index in [4.69, 9.17) is 14.2 Å². The van der Waals surface area contributed by atoms with Crippen LogP contribution in [0.15, 0.2) is 53.3 Å². The van der Waals surface area contributed by atoms with Gasteiger partial charge in [0.1, 0.15) is 23.7 Å². The maximum absolute atomic E-state index is 13.2. The molecule has 3 aromatic rings. The molecule has 0 unspecified atom stereocenters. The van der Waals surface area contributed by atoms with Crippen LogP contribution in [0, 0.1) is 0 Å². The zero-order valence-corrected chi connectivity index (χ0v) is 16.9. The summed E-state index contributed by atoms with van der Waals surface area (Å²) in [6.45, 7) is -0.208. The molecule has 0 atom stereocenters. The van der Waals surface area contributed by atoms with Gasteiger partial charge in [-0.3, -0.25) is 14.4 Å². The van der Waals surface area contributed by atoms with Gasteiger partial charge in [-0.2, -0.15) is 0 Å². The Labute approximate surface area is 173 Å². The predicted molar refractivity (Wildman–Crippen MR) is 111 cm³/mol. The normalized spacial score (nSPS) is 10.5. The first-order chi connectivity index (χ1) is 14.4. The number of benzene rings is 2. The minimum absolute atomic E-state index is 0.0797. The molecule has 1 heterocycles. The summed E-state index contributed by atoms with van der Waals surface area (Å²) in [4.78, 5) is 41.4. The summed E-state index contributed by atoms with van der Waals surface area (Å²) in [6.07, 6.45) is 0. The third kappa shape index (κ3) is 4.60. The number of rotatable bonds is 7. The second-order valence-electron chi connectivity index (χ2n) is 6.56. The summed E-state index contributed by atoms with van der Waals surface area (Å²) < 4.78 is 15.3. The Morgan fingerprint density at radius 2 is 1.63 bits per heavy atom. The SMILES string of the molecule is COC(=O)CN(Cc1cc(OC)cc(OC)c1)C(=O)c1cc2ccccc2c(=O)[nH]1. The Hall–Kier alpha value is -3.81. The smallest absolute Gasteiger partial charge is 0.325 e. The summed E-state index contributed by atoms with van der Waals surface area (Å²) in [7, 11) is 4.29. The van der Waals surface area contributed by atoms with E-state index in [1.807, 2.05) is 0 Å². The van der Waals surface area contributed by atoms with Crippen molar-refractivity contribution in [3.05, 3.63) is 70.1 Å². The molecule has 30 heavy (non-hydrogen) atoms. The van der Waals surface area contributed by atoms with Crippen molar-refractivity contribution in [1.82, 2.24) is 9.88 Å². The average Bonchev–Trinajstić information content (AvgIpc) is 2.77. The summed E-state index contributed by atoms with van der Waals surface area (Å²) in [5, 5.41) is 1.11. The minimum atomic E-state index is -0.582. The molecule has 3 rings (SSSR count). The van der Waals surface area contributed by atoms with Gasteiger partial charge in [0.2, 0.25) is 0 Å². The van der Waals surface area contributed by atoms with Gasteiger partial charge in [0.05, 0.1) is 21.3 Å². The van der Waals surface area contributed by atoms with Crippen LogP contribution in [0.25, 0.3) is 10.8 Å². The van der Waals surface area contributed by atoms with Crippen molar-refractivity contribution in [3.8, 4) is 11.5 Å². The summed E-state index contributed by atoms with van der Waals surface area (Å²) >= 11 is 0. The summed E-state index contributed by atoms with van der Waals surface area (Å²) in [6, 6.07) is 13.7. The Morgan fingerprint density at radius 1 is 0.967 bits per heavy atom. The molecular weight excluding hydrogens is 388 g/mol. The third-order valence-electron chi connectivity index (χ3n) is 4.60. The molecule has 0 saturated carbocycles. The van der Waals surface area contributed by atoms with E-state index in [0.29, 0.717) is 27.8 Å². The fourth-order valence-electron chi connectivity index (χ4n) is 3.09. The number of aromatic nitrogens is 1. The highest BCUT2D eigenvalue weighted by molar-refractivity contribution is 5.97. The highest BCUT2D eigenvalue weighted by Gasteiger charge is 2.22. The lowest BCUT2D eigenvalue weighted by Crippen LogP contribution is -2.37. The van der Waals surface area contributed by atoms with Crippen LogP contribution in [0.5, 0.6) is 11.5 Å². The monoisotopic (exact) mass is 410 g/mol. The largest absolute Gasteiger partial charge is 0.497 e. The van der Waals surface area contributed by atoms with Gasteiger partial charge in [0.15, 0.2) is 0 Å². The van der Waals surface area contributed by atoms with Crippen molar-refractivity contribution < 1.29 is 23.8 Å². The van der Waals surface area contributed by atoms with Crippen LogP contribution in [0.3, 0.4) is 0 Å². The molecule has 0 aliphatic carbocycles. The Balaban J connectivity index is 1.99. The number of ether oxygens (including phenoxy) is 3. The lowest BCUT2D eigenvalue weighted by Gasteiger charge is -2.22. The number of nitrogens with zero attached hydrogens (tertiary/aromatic N) is 1. The zero-order valence-electron chi connectivity index (χ0n) is 16.9. The summed E-state index contributed by atoms with van der Waals surface area (Å²) in [5.74, 6) is 0.00856. The van der Waals surface area contributed by atoms with E-state index < -0.39 is 11.9 Å². The van der Waals surface area contributed by atoms with Crippen molar-refractivity contribution in [3.63, 3.8) is 0 Å². The van der Waals surface area contributed by atoms with Gasteiger partial charge >= 0.3 is 5.97 Å². The minimum Gasteiger partial charge on any atom is -0.497 e. The van der Waals surface area contributed by atoms with Crippen LogP contribution < -0.4 is 15.0 Å². The molecule has 8 heteroatoms. The molecule has 0 fully saturated rings. The number of pyridine rings is 1. The lowest BCUT2D eigenvalue weighted by molar-refractivity contribution is -0.141. The van der Waals surface area contributed by atoms with Crippen molar-refractivity contribution in [1.29, 1.82) is 0 Å². The van der Waals surface area contributed by atoms with Crippen LogP contribution in [-0.2, 0) is 16.1 Å². The highest BCUT2D eigenvalue weighted by atomic mass is 16.5. The van der Waals surface area contributed by atoms with Gasteiger partial charge in [-0.1, -0.05) is 18.2 Å². The van der Waals surface area contributed by atoms with Gasteiger partial charge in [0, 0.05) is 18.0 Å². The maximum Gasteiger partial charge on any atom is 0.325 e. The third-order valence-corrected chi connectivity index (χ3v) is 4.60. The van der Waals surface area contributed by atoms with E-state index >= 15 is 0 Å². The van der Waals surface area contributed by atoms with Crippen LogP contribution in [-0.4, -0.2) is 49.6 Å². The number of H-pyrrole nitrogens is 1. The van der Waals surface area contributed by atoms with Gasteiger partial charge in [-0.25, -0.2) is 0 Å². The number of fused-ring (bicyclic) bond motifs is 1. The molecule has 2 aromatic carbocycles. The maximum atomic E-state index is 13.2. The first kappa shape index (κ1) is 20.9. The van der Waals surface area contributed by atoms with Crippen LogP contribution in [0.4, 0.5) is 0 Å². The molecule has 1 amide bonds. The molecule has 0 aliphatic rings. The first-order valence-electron chi connectivity index (χ1n) is 9.15. The summed E-state index contributed by atoms with van der Waals surface area (Å²) in [5.41, 5.74) is 0.390. The average molecular weight is 410 g/mol. The molecule has 0 spiro atoms. The molecule has 0 radical (unpaired) electrons. The topological polar surface area (TPSA) is 97.9 Å². The van der Waals surface area contributed by atoms with Crippen LogP contribution in [0.2, 0.25) is 0 Å². The van der Waals surface area contributed by atoms with Crippen molar-refractivity contribution in [2.45, 2.75) is 6.54 Å². The van der Waals surface area contributed by atoms with Crippen molar-refractivity contribution in [2.24, 2.45) is 0 Å². The van der Waals surface area contributed by atoms with Crippen molar-refractivity contribution in [2.75, 3.05) is 27.9 Å². The Bertz CT molecular complexity index is 1120. The second kappa shape index (κ2) is 9.13. The van der Waals surface area contributed by atoms with Crippen LogP contribution in [0.1, 0.15) is 16.1 Å². The standard InChI is InChI=1S/C22H22N2O6/c1-28-16-8-14(9-17(11-16)29-2)12-24(13-20(25)30-3)22(27)19-10-15-6-4-5-7-18(15)21(26)23-19/h4-11H,12-13H2,1-3H3,(H,23,26). The second-order valence-corrected chi connectivity index (χ2v) is 6.56.